The van der Waals surface area contributed by atoms with Crippen molar-refractivity contribution in [2.45, 2.75) is 18.2 Å². The quantitative estimate of drug-likeness (QED) is 0.199. The molecule has 34 heavy (non-hydrogen) atoms. The summed E-state index contributed by atoms with van der Waals surface area (Å²) in [5.74, 6) is 0.311. The number of ether oxygens (including phenoxy) is 1. The lowest BCUT2D eigenvalue weighted by atomic mass is 9.86. The number of hydrogen-bond donors (Lipinski definition) is 0. The first-order valence-corrected chi connectivity index (χ1v) is 12.2. The molecule has 0 radical (unpaired) electrons. The lowest BCUT2D eigenvalue weighted by Crippen LogP contribution is -2.42. The van der Waals surface area contributed by atoms with E-state index in [4.69, 9.17) is 56.0 Å². The maximum absolute atomic E-state index is 14.2. The normalized spacial score (nSPS) is 18.0. The second kappa shape index (κ2) is 10.7. The van der Waals surface area contributed by atoms with Gasteiger partial charge in [-0.3, -0.25) is 4.79 Å². The number of amides is 1. The molecule has 0 fully saturated rings. The van der Waals surface area contributed by atoms with Crippen molar-refractivity contribution in [3.63, 3.8) is 0 Å². The van der Waals surface area contributed by atoms with Crippen LogP contribution in [0.2, 0.25) is 20.1 Å². The average molecular weight is 576 g/mol. The maximum Gasteiger partial charge on any atom is 0.435 e. The topological polar surface area (TPSA) is 51.1 Å². The van der Waals surface area contributed by atoms with Gasteiger partial charge < -0.3 is 14.5 Å². The summed E-state index contributed by atoms with van der Waals surface area (Å²) < 4.78 is 47.6. The van der Waals surface area contributed by atoms with Crippen molar-refractivity contribution in [1.29, 1.82) is 0 Å². The van der Waals surface area contributed by atoms with Crippen LogP contribution in [0, 0.1) is 0 Å². The third-order valence-electron chi connectivity index (χ3n) is 5.08. The molecular weight excluding hydrogens is 559 g/mol. The van der Waals surface area contributed by atoms with Crippen LogP contribution in [0.5, 0.6) is 0 Å². The minimum Gasteiger partial charge on any atom is -0.374 e. The summed E-state index contributed by atoms with van der Waals surface area (Å²) in [7, 11) is 3.07. The molecule has 0 N–H and O–H groups in total. The summed E-state index contributed by atoms with van der Waals surface area (Å²) in [6.45, 7) is 0. The van der Waals surface area contributed by atoms with E-state index in [9.17, 15) is 18.0 Å². The van der Waals surface area contributed by atoms with Gasteiger partial charge >= 0.3 is 6.18 Å². The SMILES string of the molecule is COCSCC(=O)N(C)c1ccc(C2=NOC(c3cc(Cl)c(Cl)c(Cl)c3)(C(F)(F)F)C2)cc1Cl. The number of hydrogen-bond acceptors (Lipinski definition) is 5. The molecule has 1 aliphatic heterocycles. The van der Waals surface area contributed by atoms with Gasteiger partial charge in [-0.05, 0) is 24.3 Å². The minimum atomic E-state index is -4.85. The first-order valence-electron chi connectivity index (χ1n) is 9.51. The highest BCUT2D eigenvalue weighted by Crippen LogP contribution is 2.50. The molecule has 0 saturated carbocycles. The second-order valence-corrected chi connectivity index (χ2v) is 9.79. The minimum absolute atomic E-state index is 0.0117. The average Bonchev–Trinajstić information content (AvgIpc) is 3.24. The highest BCUT2D eigenvalue weighted by Gasteiger charge is 2.62. The van der Waals surface area contributed by atoms with E-state index in [0.29, 0.717) is 17.2 Å². The van der Waals surface area contributed by atoms with Gasteiger partial charge in [0.05, 0.1) is 43.2 Å². The number of halogens is 7. The van der Waals surface area contributed by atoms with Crippen LogP contribution in [0.25, 0.3) is 0 Å². The van der Waals surface area contributed by atoms with Crippen LogP contribution in [-0.4, -0.2) is 43.6 Å². The summed E-state index contributed by atoms with van der Waals surface area (Å²) in [6, 6.07) is 6.59. The van der Waals surface area contributed by atoms with Crippen LogP contribution in [0.3, 0.4) is 0 Å². The smallest absolute Gasteiger partial charge is 0.374 e. The van der Waals surface area contributed by atoms with Gasteiger partial charge in [0.1, 0.15) is 0 Å². The number of thioether (sulfide) groups is 1. The van der Waals surface area contributed by atoms with Crippen LogP contribution in [-0.2, 0) is 20.0 Å². The number of carbonyl (C=O) groups is 1. The highest BCUT2D eigenvalue weighted by molar-refractivity contribution is 7.99. The molecule has 5 nitrogen and oxygen atoms in total. The van der Waals surface area contributed by atoms with Crippen LogP contribution in [0.1, 0.15) is 17.5 Å². The second-order valence-electron chi connectivity index (χ2n) is 7.26. The first-order chi connectivity index (χ1) is 15.9. The van der Waals surface area contributed by atoms with E-state index >= 15 is 0 Å². The van der Waals surface area contributed by atoms with Crippen LogP contribution < -0.4 is 4.90 Å². The Morgan fingerprint density at radius 2 is 1.82 bits per heavy atom. The fourth-order valence-corrected chi connectivity index (χ4v) is 4.77. The van der Waals surface area contributed by atoms with E-state index < -0.39 is 18.2 Å². The number of methoxy groups -OCH3 is 1. The van der Waals surface area contributed by atoms with E-state index in [0.717, 1.165) is 12.1 Å². The van der Waals surface area contributed by atoms with E-state index in [1.807, 2.05) is 0 Å². The molecule has 13 heteroatoms. The molecule has 1 aliphatic rings. The zero-order chi connectivity index (χ0) is 25.3. The zero-order valence-corrected chi connectivity index (χ0v) is 21.5. The highest BCUT2D eigenvalue weighted by atomic mass is 35.5. The van der Waals surface area contributed by atoms with E-state index in [2.05, 4.69) is 5.16 Å². The van der Waals surface area contributed by atoms with Gasteiger partial charge in [-0.2, -0.15) is 13.2 Å². The summed E-state index contributed by atoms with van der Waals surface area (Å²) in [6.07, 6.45) is -5.50. The third-order valence-corrected chi connectivity index (χ3v) is 7.43. The fraction of sp³-hybridized carbons (Fsp3) is 0.333. The number of oxime groups is 1. The molecule has 1 heterocycles. The van der Waals surface area contributed by atoms with Crippen LogP contribution >= 0.6 is 58.2 Å². The Labute approximate surface area is 218 Å². The monoisotopic (exact) mass is 574 g/mol. The van der Waals surface area contributed by atoms with Crippen molar-refractivity contribution in [2.75, 3.05) is 30.7 Å². The van der Waals surface area contributed by atoms with Crippen molar-refractivity contribution in [3.8, 4) is 0 Å². The van der Waals surface area contributed by atoms with Gasteiger partial charge in [-0.25, -0.2) is 0 Å². The number of anilines is 1. The molecule has 1 unspecified atom stereocenters. The van der Waals surface area contributed by atoms with Gasteiger partial charge in [0.25, 0.3) is 5.60 Å². The third kappa shape index (κ3) is 5.39. The van der Waals surface area contributed by atoms with Gasteiger partial charge in [-0.1, -0.05) is 57.6 Å². The van der Waals surface area contributed by atoms with Crippen molar-refractivity contribution in [1.82, 2.24) is 0 Å². The van der Waals surface area contributed by atoms with Crippen molar-refractivity contribution >= 4 is 75.5 Å². The van der Waals surface area contributed by atoms with Crippen molar-refractivity contribution in [3.05, 3.63) is 61.5 Å². The Morgan fingerprint density at radius 1 is 1.18 bits per heavy atom. The summed E-state index contributed by atoms with van der Waals surface area (Å²) in [5, 5.41) is 3.51. The first kappa shape index (κ1) is 27.2. The molecular formula is C21H17Cl4F3N2O3S. The van der Waals surface area contributed by atoms with E-state index in [1.54, 1.807) is 7.05 Å². The lowest BCUT2D eigenvalue weighted by Gasteiger charge is -2.30. The molecule has 0 aromatic heterocycles. The number of rotatable bonds is 7. The van der Waals surface area contributed by atoms with E-state index in [-0.39, 0.29) is 43.0 Å². The Bertz CT molecular complexity index is 1110. The fourth-order valence-electron chi connectivity index (χ4n) is 3.25. The van der Waals surface area contributed by atoms with Gasteiger partial charge in [0.15, 0.2) is 0 Å². The van der Waals surface area contributed by atoms with Gasteiger partial charge in [0, 0.05) is 31.7 Å². The number of nitrogens with zero attached hydrogens (tertiary/aromatic N) is 2. The Kier molecular flexibility index (Phi) is 8.59. The standard InChI is InChI=1S/C21H17Cl4F3N2O3S/c1-30(18(31)9-34-10-32-2)17-4-3-11(5-13(17)22)16-8-20(33-29-16,21(26,27)28)12-6-14(23)19(25)15(24)7-12/h3-7H,8-10H2,1-2H3. The van der Waals surface area contributed by atoms with Gasteiger partial charge in [-0.15, -0.1) is 11.8 Å². The molecule has 1 amide bonds. The largest absolute Gasteiger partial charge is 0.435 e. The molecule has 3 rings (SSSR count). The van der Waals surface area contributed by atoms with Crippen LogP contribution in [0.15, 0.2) is 35.5 Å². The molecule has 184 valence electrons. The predicted molar refractivity (Wildman–Crippen MR) is 131 cm³/mol. The molecule has 0 saturated heterocycles. The van der Waals surface area contributed by atoms with E-state index in [1.165, 1.54) is 42.0 Å². The van der Waals surface area contributed by atoms with Crippen molar-refractivity contribution in [2.24, 2.45) is 5.16 Å². The Morgan fingerprint density at radius 3 is 2.38 bits per heavy atom. The lowest BCUT2D eigenvalue weighted by molar-refractivity contribution is -0.275. The summed E-state index contributed by atoms with van der Waals surface area (Å²) >= 11 is 25.5. The number of alkyl halides is 3. The Hall–Kier alpha value is -1.36. The van der Waals surface area contributed by atoms with Crippen molar-refractivity contribution < 1.29 is 27.5 Å². The summed E-state index contributed by atoms with van der Waals surface area (Å²) in [5.41, 5.74) is -2.43. The molecule has 1 atom stereocenters. The maximum atomic E-state index is 14.2. The molecule has 0 aliphatic carbocycles. The number of benzene rings is 2. The predicted octanol–water partition coefficient (Wildman–Crippen LogP) is 7.18. The zero-order valence-electron chi connectivity index (χ0n) is 17.7. The Balaban J connectivity index is 1.88. The molecule has 0 spiro atoms. The molecule has 0 bridgehead atoms. The molecule has 2 aromatic rings. The summed E-state index contributed by atoms with van der Waals surface area (Å²) in [4.78, 5) is 18.7. The molecule has 2 aromatic carbocycles. The van der Waals surface area contributed by atoms with Gasteiger partial charge in [0.2, 0.25) is 5.91 Å². The van der Waals surface area contributed by atoms with Crippen LogP contribution in [0.4, 0.5) is 18.9 Å². The number of carbonyl (C=O) groups excluding carboxylic acids is 1.